The Hall–Kier alpha value is -0.920. The van der Waals surface area contributed by atoms with Crippen LogP contribution in [-0.2, 0) is 0 Å². The topological polar surface area (TPSA) is 17.1 Å². The number of halogens is 6. The van der Waals surface area contributed by atoms with Gasteiger partial charge >= 0.3 is 6.18 Å². The van der Waals surface area contributed by atoms with Crippen LogP contribution in [0.15, 0.2) is 55.9 Å². The molecule has 0 aliphatic heterocycles. The second-order valence-corrected chi connectivity index (χ2v) is 7.67. The molecule has 0 aliphatic carbocycles. The average Bonchev–Trinajstić information content (AvgIpc) is 2.45. The van der Waals surface area contributed by atoms with Crippen LogP contribution in [0.5, 0.6) is 0 Å². The average molecular weight is 527 g/mol. The molecule has 0 saturated heterocycles. The van der Waals surface area contributed by atoms with Crippen molar-refractivity contribution in [2.45, 2.75) is 12.1 Å². The van der Waals surface area contributed by atoms with Gasteiger partial charge in [-0.15, -0.1) is 0 Å². The summed E-state index contributed by atoms with van der Waals surface area (Å²) in [5.74, 6) is -1.74. The maximum atomic E-state index is 13.4. The fourth-order valence-electron chi connectivity index (χ4n) is 2.11. The lowest BCUT2D eigenvalue weighted by molar-refractivity contribution is -0.139. The van der Waals surface area contributed by atoms with Crippen LogP contribution in [0.1, 0.15) is 27.4 Å². The number of carbonyl (C=O) groups is 1. The fraction of sp³-hybridized carbons (Fsp3) is 0.118. The maximum absolute atomic E-state index is 13.4. The van der Waals surface area contributed by atoms with Crippen LogP contribution in [0.25, 0.3) is 6.08 Å². The third kappa shape index (κ3) is 5.04. The second-order valence-electron chi connectivity index (χ2n) is 4.98. The summed E-state index contributed by atoms with van der Waals surface area (Å²) in [5, 5.41) is 0. The molecule has 0 aliphatic rings. The SMILES string of the molecule is O=Cc1ccc(/C=C/C(c2cc(Br)cc(Br)c2)C(F)(F)F)cc1Br. The number of rotatable bonds is 4. The van der Waals surface area contributed by atoms with Gasteiger partial charge in [0.2, 0.25) is 0 Å². The largest absolute Gasteiger partial charge is 0.399 e. The van der Waals surface area contributed by atoms with Gasteiger partial charge in [-0.1, -0.05) is 66.0 Å². The van der Waals surface area contributed by atoms with Gasteiger partial charge in [-0.2, -0.15) is 13.2 Å². The smallest absolute Gasteiger partial charge is 0.298 e. The van der Waals surface area contributed by atoms with Gasteiger partial charge in [0.15, 0.2) is 6.29 Å². The Morgan fingerprint density at radius 3 is 2.08 bits per heavy atom. The minimum Gasteiger partial charge on any atom is -0.298 e. The number of alkyl halides is 3. The van der Waals surface area contributed by atoms with Crippen LogP contribution in [-0.4, -0.2) is 12.5 Å². The lowest BCUT2D eigenvalue weighted by Gasteiger charge is -2.18. The van der Waals surface area contributed by atoms with E-state index in [0.717, 1.165) is 6.08 Å². The first-order valence-electron chi connectivity index (χ1n) is 6.66. The van der Waals surface area contributed by atoms with E-state index in [2.05, 4.69) is 47.8 Å². The van der Waals surface area contributed by atoms with E-state index in [1.54, 1.807) is 24.3 Å². The standard InChI is InChI=1S/C17H10Br3F3O/c18-13-6-12(7-14(19)8-13)15(17(21,22)23)4-2-10-1-3-11(9-24)16(20)5-10/h1-9,15H/b4-2+. The predicted molar refractivity (Wildman–Crippen MR) is 99.2 cm³/mol. The molecule has 0 heterocycles. The Balaban J connectivity index is 2.39. The van der Waals surface area contributed by atoms with Gasteiger partial charge in [-0.05, 0) is 41.5 Å². The number of hydrogen-bond acceptors (Lipinski definition) is 1. The van der Waals surface area contributed by atoms with Gasteiger partial charge in [0.05, 0.1) is 5.92 Å². The maximum Gasteiger partial charge on any atom is 0.399 e. The van der Waals surface area contributed by atoms with E-state index in [1.165, 1.54) is 18.2 Å². The molecule has 7 heteroatoms. The molecule has 0 fully saturated rings. The molecule has 0 saturated carbocycles. The number of carbonyl (C=O) groups excluding carboxylic acids is 1. The molecule has 0 bridgehead atoms. The van der Waals surface area contributed by atoms with E-state index in [-0.39, 0.29) is 5.56 Å². The molecule has 0 N–H and O–H groups in total. The molecule has 0 radical (unpaired) electrons. The molecule has 2 aromatic rings. The first-order valence-corrected chi connectivity index (χ1v) is 9.04. The number of allylic oxidation sites excluding steroid dienone is 1. The molecule has 2 rings (SSSR count). The zero-order valence-corrected chi connectivity index (χ0v) is 16.7. The van der Waals surface area contributed by atoms with E-state index in [1.807, 2.05) is 0 Å². The van der Waals surface area contributed by atoms with Gasteiger partial charge in [-0.25, -0.2) is 0 Å². The summed E-state index contributed by atoms with van der Waals surface area (Å²) in [6.45, 7) is 0. The van der Waals surface area contributed by atoms with Gasteiger partial charge < -0.3 is 0 Å². The van der Waals surface area contributed by atoms with Crippen molar-refractivity contribution in [1.29, 1.82) is 0 Å². The molecule has 126 valence electrons. The Bertz CT molecular complexity index is 765. The fourth-order valence-corrected chi connectivity index (χ4v) is 3.93. The highest BCUT2D eigenvalue weighted by molar-refractivity contribution is 9.11. The van der Waals surface area contributed by atoms with Crippen molar-refractivity contribution in [3.05, 3.63) is 72.6 Å². The van der Waals surface area contributed by atoms with Crippen molar-refractivity contribution < 1.29 is 18.0 Å². The number of aldehydes is 1. The van der Waals surface area contributed by atoms with Crippen molar-refractivity contribution in [3.63, 3.8) is 0 Å². The third-order valence-corrected chi connectivity index (χ3v) is 4.83. The summed E-state index contributed by atoms with van der Waals surface area (Å²) >= 11 is 9.64. The number of hydrogen-bond donors (Lipinski definition) is 0. The summed E-state index contributed by atoms with van der Waals surface area (Å²) in [7, 11) is 0. The first-order chi connectivity index (χ1) is 11.2. The molecule has 1 atom stereocenters. The predicted octanol–water partition coefficient (Wildman–Crippen LogP) is 7.15. The molecule has 24 heavy (non-hydrogen) atoms. The van der Waals surface area contributed by atoms with Crippen molar-refractivity contribution in [3.8, 4) is 0 Å². The molecule has 0 aromatic heterocycles. The lowest BCUT2D eigenvalue weighted by Crippen LogP contribution is -2.18. The minimum absolute atomic E-state index is 0.128. The van der Waals surface area contributed by atoms with Gasteiger partial charge in [-0.3, -0.25) is 4.79 Å². The Labute approximate surface area is 162 Å². The van der Waals surface area contributed by atoms with E-state index in [0.29, 0.717) is 30.8 Å². The van der Waals surface area contributed by atoms with Crippen molar-refractivity contribution in [1.82, 2.24) is 0 Å². The summed E-state index contributed by atoms with van der Waals surface area (Å²) in [6.07, 6.45) is -1.24. The lowest BCUT2D eigenvalue weighted by atomic mass is 9.97. The molecule has 0 amide bonds. The van der Waals surface area contributed by atoms with E-state index in [4.69, 9.17) is 0 Å². The molecule has 2 aromatic carbocycles. The third-order valence-electron chi connectivity index (χ3n) is 3.23. The van der Waals surface area contributed by atoms with Crippen molar-refractivity contribution in [2.75, 3.05) is 0 Å². The quantitative estimate of drug-likeness (QED) is 0.387. The van der Waals surface area contributed by atoms with E-state index in [9.17, 15) is 18.0 Å². The van der Waals surface area contributed by atoms with Crippen molar-refractivity contribution in [2.24, 2.45) is 0 Å². The Morgan fingerprint density at radius 1 is 0.958 bits per heavy atom. The van der Waals surface area contributed by atoms with Crippen LogP contribution in [0.3, 0.4) is 0 Å². The molecular weight excluding hydrogens is 517 g/mol. The zero-order chi connectivity index (χ0) is 17.9. The van der Waals surface area contributed by atoms with Crippen LogP contribution in [0.2, 0.25) is 0 Å². The monoisotopic (exact) mass is 524 g/mol. The highest BCUT2D eigenvalue weighted by Gasteiger charge is 2.39. The summed E-state index contributed by atoms with van der Waals surface area (Å²) in [6, 6.07) is 9.31. The van der Waals surface area contributed by atoms with Gasteiger partial charge in [0, 0.05) is 19.0 Å². The molecule has 0 spiro atoms. The highest BCUT2D eigenvalue weighted by atomic mass is 79.9. The number of benzene rings is 2. The van der Waals surface area contributed by atoms with E-state index >= 15 is 0 Å². The Morgan fingerprint density at radius 2 is 1.58 bits per heavy atom. The second kappa shape index (κ2) is 7.97. The van der Waals surface area contributed by atoms with Crippen LogP contribution in [0.4, 0.5) is 13.2 Å². The van der Waals surface area contributed by atoms with E-state index < -0.39 is 12.1 Å². The normalized spacial score (nSPS) is 13.2. The zero-order valence-electron chi connectivity index (χ0n) is 11.9. The van der Waals surface area contributed by atoms with Gasteiger partial charge in [0.25, 0.3) is 0 Å². The molecule has 1 unspecified atom stereocenters. The first kappa shape index (κ1) is 19.4. The minimum atomic E-state index is -4.42. The molecule has 1 nitrogen and oxygen atoms in total. The van der Waals surface area contributed by atoms with Crippen LogP contribution in [0, 0.1) is 0 Å². The summed E-state index contributed by atoms with van der Waals surface area (Å²) in [4.78, 5) is 10.8. The van der Waals surface area contributed by atoms with Crippen LogP contribution >= 0.6 is 47.8 Å². The van der Waals surface area contributed by atoms with Crippen molar-refractivity contribution >= 4 is 60.2 Å². The van der Waals surface area contributed by atoms with Gasteiger partial charge in [0.1, 0.15) is 0 Å². The molecular formula is C17H10Br3F3O. The van der Waals surface area contributed by atoms with Crippen LogP contribution < -0.4 is 0 Å². The summed E-state index contributed by atoms with van der Waals surface area (Å²) < 4.78 is 42.0. The Kier molecular flexibility index (Phi) is 6.45. The highest BCUT2D eigenvalue weighted by Crippen LogP contribution is 2.38. The summed E-state index contributed by atoms with van der Waals surface area (Å²) in [5.41, 5.74) is 1.13.